The van der Waals surface area contributed by atoms with Gasteiger partial charge in [0, 0.05) is 43.0 Å². The highest BCUT2D eigenvalue weighted by atomic mass is 32.1. The number of carbonyl (C=O) groups excluding carboxylic acids is 1. The van der Waals surface area contributed by atoms with Gasteiger partial charge in [-0.15, -0.1) is 11.3 Å². The summed E-state index contributed by atoms with van der Waals surface area (Å²) < 4.78 is 1.23. The van der Waals surface area contributed by atoms with Crippen molar-refractivity contribution in [3.05, 3.63) is 34.7 Å². The Morgan fingerprint density at radius 1 is 1.12 bits per heavy atom. The van der Waals surface area contributed by atoms with Crippen LogP contribution < -0.4 is 5.32 Å². The molecule has 1 saturated heterocycles. The number of amides is 1. The van der Waals surface area contributed by atoms with E-state index >= 15 is 0 Å². The van der Waals surface area contributed by atoms with Gasteiger partial charge in [0.25, 0.3) is 5.91 Å². The number of benzene rings is 1. The van der Waals surface area contributed by atoms with Gasteiger partial charge < -0.3 is 10.2 Å². The largest absolute Gasteiger partial charge is 0.349 e. The topological polar surface area (TPSA) is 35.6 Å². The van der Waals surface area contributed by atoms with Crippen LogP contribution >= 0.6 is 11.3 Å². The Morgan fingerprint density at radius 2 is 1.85 bits per heavy atom. The van der Waals surface area contributed by atoms with Crippen LogP contribution in [-0.2, 0) is 0 Å². The lowest BCUT2D eigenvalue weighted by molar-refractivity contribution is 0.0792. The lowest BCUT2D eigenvalue weighted by Crippen LogP contribution is -2.51. The van der Waals surface area contributed by atoms with Gasteiger partial charge in [0.2, 0.25) is 0 Å². The van der Waals surface area contributed by atoms with Crippen LogP contribution in [0.4, 0.5) is 0 Å². The summed E-state index contributed by atoms with van der Waals surface area (Å²) in [5.74, 6) is 0.105. The molecule has 0 atom stereocenters. The molecule has 1 aromatic carbocycles. The Bertz CT molecular complexity index is 771. The molecular weight excluding hydrogens is 342 g/mol. The quantitative estimate of drug-likeness (QED) is 0.897. The van der Waals surface area contributed by atoms with Crippen LogP contribution in [0.3, 0.4) is 0 Å². The second-order valence-corrected chi connectivity index (χ2v) is 8.97. The molecule has 0 radical (unpaired) electrons. The van der Waals surface area contributed by atoms with Crippen LogP contribution in [-0.4, -0.2) is 61.0 Å². The number of hydrogen-bond donors (Lipinski definition) is 1. The maximum absolute atomic E-state index is 12.7. The summed E-state index contributed by atoms with van der Waals surface area (Å²) in [5, 5.41) is 4.47. The molecule has 4 rings (SSSR count). The molecule has 4 nitrogen and oxygen atoms in total. The number of thiophene rings is 1. The normalized spacial score (nSPS) is 25.5. The Balaban J connectivity index is 1.32. The smallest absolute Gasteiger partial charge is 0.261 e. The van der Waals surface area contributed by atoms with Crippen LogP contribution in [0.2, 0.25) is 0 Å². The van der Waals surface area contributed by atoms with Crippen LogP contribution in [0, 0.1) is 6.92 Å². The maximum Gasteiger partial charge on any atom is 0.261 e. The van der Waals surface area contributed by atoms with Crippen molar-refractivity contribution in [1.29, 1.82) is 0 Å². The number of piperazine rings is 1. The Labute approximate surface area is 160 Å². The van der Waals surface area contributed by atoms with E-state index in [4.69, 9.17) is 0 Å². The van der Waals surface area contributed by atoms with Crippen LogP contribution in [0.25, 0.3) is 10.1 Å². The van der Waals surface area contributed by atoms with E-state index < -0.39 is 0 Å². The van der Waals surface area contributed by atoms with Crippen molar-refractivity contribution in [2.24, 2.45) is 0 Å². The number of hydrogen-bond acceptors (Lipinski definition) is 4. The van der Waals surface area contributed by atoms with Crippen molar-refractivity contribution >= 4 is 27.3 Å². The molecule has 140 valence electrons. The fourth-order valence-corrected chi connectivity index (χ4v) is 5.38. The lowest BCUT2D eigenvalue weighted by Gasteiger charge is -2.41. The third kappa shape index (κ3) is 3.80. The van der Waals surface area contributed by atoms with Gasteiger partial charge >= 0.3 is 0 Å². The van der Waals surface area contributed by atoms with Crippen molar-refractivity contribution in [2.75, 3.05) is 33.2 Å². The lowest BCUT2D eigenvalue weighted by atomic mass is 9.89. The zero-order chi connectivity index (χ0) is 18.1. The number of fused-ring (bicyclic) bond motifs is 1. The third-order valence-corrected chi connectivity index (χ3v) is 7.34. The van der Waals surface area contributed by atoms with E-state index in [1.54, 1.807) is 11.3 Å². The van der Waals surface area contributed by atoms with Crippen molar-refractivity contribution in [3.8, 4) is 0 Å². The fourth-order valence-electron chi connectivity index (χ4n) is 4.35. The number of nitrogens with zero attached hydrogens (tertiary/aromatic N) is 2. The molecule has 26 heavy (non-hydrogen) atoms. The molecule has 2 fully saturated rings. The Kier molecular flexibility index (Phi) is 5.30. The van der Waals surface area contributed by atoms with Crippen molar-refractivity contribution in [3.63, 3.8) is 0 Å². The predicted molar refractivity (Wildman–Crippen MR) is 109 cm³/mol. The molecule has 5 heteroatoms. The number of nitrogens with one attached hydrogen (secondary N) is 1. The van der Waals surface area contributed by atoms with Gasteiger partial charge in [-0.1, -0.05) is 18.2 Å². The molecule has 2 aliphatic rings. The first-order valence-corrected chi connectivity index (χ1v) is 10.6. The van der Waals surface area contributed by atoms with Gasteiger partial charge in [0.05, 0.1) is 4.88 Å². The highest BCUT2D eigenvalue weighted by Gasteiger charge is 2.28. The van der Waals surface area contributed by atoms with Crippen LogP contribution in [0.5, 0.6) is 0 Å². The molecule has 1 amide bonds. The average Bonchev–Trinajstić information content (AvgIpc) is 3.09. The summed E-state index contributed by atoms with van der Waals surface area (Å²) in [6.07, 6.45) is 4.62. The number of aryl methyl sites for hydroxylation is 1. The van der Waals surface area contributed by atoms with Gasteiger partial charge in [0.1, 0.15) is 0 Å². The first kappa shape index (κ1) is 18.0. The van der Waals surface area contributed by atoms with E-state index in [-0.39, 0.29) is 5.91 Å². The SMILES string of the molecule is Cc1cccc2cc(C(=O)NC3CCC(N4CCN(C)CC4)CC3)sc12. The highest BCUT2D eigenvalue weighted by molar-refractivity contribution is 7.21. The van der Waals surface area contributed by atoms with Gasteiger partial charge in [-0.3, -0.25) is 9.69 Å². The van der Waals surface area contributed by atoms with Gasteiger partial charge in [-0.25, -0.2) is 0 Å². The molecule has 0 bridgehead atoms. The second-order valence-electron chi connectivity index (χ2n) is 7.92. The first-order chi connectivity index (χ1) is 12.6. The van der Waals surface area contributed by atoms with Crippen LogP contribution in [0.1, 0.15) is 40.9 Å². The monoisotopic (exact) mass is 371 g/mol. The molecule has 2 heterocycles. The van der Waals surface area contributed by atoms with Crippen LogP contribution in [0.15, 0.2) is 24.3 Å². The molecule has 1 aliphatic heterocycles. The number of likely N-dealkylation sites (N-methyl/N-ethyl adjacent to an activating group) is 1. The van der Waals surface area contributed by atoms with Crippen molar-refractivity contribution in [1.82, 2.24) is 15.1 Å². The Hall–Kier alpha value is -1.43. The van der Waals surface area contributed by atoms with Gasteiger partial charge in [-0.05, 0) is 56.7 Å². The van der Waals surface area contributed by atoms with Crippen molar-refractivity contribution in [2.45, 2.75) is 44.7 Å². The van der Waals surface area contributed by atoms with E-state index in [9.17, 15) is 4.79 Å². The van der Waals surface area contributed by atoms with E-state index in [0.717, 1.165) is 17.7 Å². The molecule has 1 aliphatic carbocycles. The number of carbonyl (C=O) groups is 1. The molecule has 2 aromatic rings. The molecule has 0 spiro atoms. The highest BCUT2D eigenvalue weighted by Crippen LogP contribution is 2.29. The summed E-state index contributed by atoms with van der Waals surface area (Å²) in [7, 11) is 2.21. The zero-order valence-corrected chi connectivity index (χ0v) is 16.6. The minimum Gasteiger partial charge on any atom is -0.349 e. The maximum atomic E-state index is 12.7. The Morgan fingerprint density at radius 3 is 2.54 bits per heavy atom. The second kappa shape index (κ2) is 7.67. The summed E-state index contributed by atoms with van der Waals surface area (Å²) in [6.45, 7) is 6.86. The van der Waals surface area contributed by atoms with Gasteiger partial charge in [0.15, 0.2) is 0 Å². The summed E-state index contributed by atoms with van der Waals surface area (Å²) in [4.78, 5) is 18.6. The molecule has 1 saturated carbocycles. The average molecular weight is 372 g/mol. The molecule has 1 aromatic heterocycles. The fraction of sp³-hybridized carbons (Fsp3) is 0.571. The number of rotatable bonds is 3. The first-order valence-electron chi connectivity index (χ1n) is 9.83. The predicted octanol–water partition coefficient (Wildman–Crippen LogP) is 3.50. The van der Waals surface area contributed by atoms with E-state index in [2.05, 4.69) is 47.3 Å². The standard InChI is InChI=1S/C21H29N3OS/c1-15-4-3-5-16-14-19(26-20(15)16)21(25)22-17-6-8-18(9-7-17)24-12-10-23(2)11-13-24/h3-5,14,17-18H,6-13H2,1-2H3,(H,22,25). The van der Waals surface area contributed by atoms with E-state index in [1.807, 2.05) is 6.07 Å². The van der Waals surface area contributed by atoms with Gasteiger partial charge in [-0.2, -0.15) is 0 Å². The molecule has 0 unspecified atom stereocenters. The molecule has 1 N–H and O–H groups in total. The minimum absolute atomic E-state index is 0.105. The van der Waals surface area contributed by atoms with E-state index in [0.29, 0.717) is 12.1 Å². The van der Waals surface area contributed by atoms with Crippen molar-refractivity contribution < 1.29 is 4.79 Å². The third-order valence-electron chi connectivity index (χ3n) is 6.05. The summed E-state index contributed by atoms with van der Waals surface area (Å²) >= 11 is 1.62. The van der Waals surface area contributed by atoms with E-state index in [1.165, 1.54) is 54.7 Å². The zero-order valence-electron chi connectivity index (χ0n) is 15.8. The minimum atomic E-state index is 0.105. The summed E-state index contributed by atoms with van der Waals surface area (Å²) in [6, 6.07) is 9.35. The summed E-state index contributed by atoms with van der Waals surface area (Å²) in [5.41, 5.74) is 1.25. The molecular formula is C21H29N3OS.